The van der Waals surface area contributed by atoms with Crippen LogP contribution in [0.25, 0.3) is 11.8 Å². The molecule has 1 amide bonds. The Morgan fingerprint density at radius 2 is 1.91 bits per heavy atom. The molecular weight excluding hydrogens is 455 g/mol. The summed E-state index contributed by atoms with van der Waals surface area (Å²) < 4.78 is 1.91. The zero-order valence-electron chi connectivity index (χ0n) is 16.9. The molecule has 0 aliphatic carbocycles. The van der Waals surface area contributed by atoms with E-state index >= 15 is 0 Å². The number of aromatic hydroxyl groups is 1. The van der Waals surface area contributed by atoms with Crippen molar-refractivity contribution < 1.29 is 14.8 Å². The number of amides is 1. The molecule has 32 heavy (non-hydrogen) atoms. The van der Waals surface area contributed by atoms with Crippen LogP contribution in [-0.2, 0) is 4.79 Å². The Hall–Kier alpha value is -3.80. The molecule has 0 radical (unpaired) electrons. The normalized spacial score (nSPS) is 11.2. The molecule has 0 unspecified atom stereocenters. The number of rotatable bonds is 5. The van der Waals surface area contributed by atoms with E-state index in [0.717, 1.165) is 29.2 Å². The molecule has 0 bridgehead atoms. The minimum Gasteiger partial charge on any atom is -0.506 e. The van der Waals surface area contributed by atoms with Gasteiger partial charge in [0.1, 0.15) is 17.4 Å². The van der Waals surface area contributed by atoms with Crippen LogP contribution in [0.3, 0.4) is 0 Å². The highest BCUT2D eigenvalue weighted by molar-refractivity contribution is 6.42. The van der Waals surface area contributed by atoms with E-state index in [-0.39, 0.29) is 16.9 Å². The topological polar surface area (TPSA) is 121 Å². The number of carbonyl (C=O) groups excluding carboxylic acids is 1. The number of carbonyl (C=O) groups is 1. The van der Waals surface area contributed by atoms with E-state index < -0.39 is 16.6 Å². The molecule has 1 aromatic heterocycles. The Balaban J connectivity index is 1.93. The van der Waals surface area contributed by atoms with Gasteiger partial charge in [0, 0.05) is 23.1 Å². The average molecular weight is 471 g/mol. The number of nitriles is 1. The molecule has 0 atom stereocenters. The molecule has 0 spiro atoms. The number of hydrogen-bond acceptors (Lipinski definition) is 5. The lowest BCUT2D eigenvalue weighted by atomic mass is 10.1. The Bertz CT molecular complexity index is 1320. The number of phenols is 1. The highest BCUT2D eigenvalue weighted by atomic mass is 35.5. The van der Waals surface area contributed by atoms with E-state index in [9.17, 15) is 25.3 Å². The smallest absolute Gasteiger partial charge is 0.273 e. The summed E-state index contributed by atoms with van der Waals surface area (Å²) in [6.45, 7) is 3.70. The predicted octanol–water partition coefficient (Wildman–Crippen LogP) is 5.56. The summed E-state index contributed by atoms with van der Waals surface area (Å²) in [5, 5.41) is 33.4. The molecule has 0 fully saturated rings. The number of halogens is 2. The van der Waals surface area contributed by atoms with Crippen LogP contribution in [0, 0.1) is 35.3 Å². The number of non-ortho nitro benzene ring substituents is 1. The number of anilines is 1. The number of nitrogens with zero attached hydrogens (tertiary/aromatic N) is 3. The Kier molecular flexibility index (Phi) is 6.53. The number of nitro benzene ring substituents is 1. The molecule has 0 aliphatic rings. The lowest BCUT2D eigenvalue weighted by Crippen LogP contribution is -2.13. The third kappa shape index (κ3) is 4.59. The van der Waals surface area contributed by atoms with Crippen molar-refractivity contribution in [2.24, 2.45) is 0 Å². The molecule has 2 aromatic carbocycles. The predicted molar refractivity (Wildman–Crippen MR) is 122 cm³/mol. The average Bonchev–Trinajstić information content (AvgIpc) is 3.02. The SMILES string of the molecule is Cc1cc(/C=C(/C#N)C(=O)Nc2ccc([N+](=O)[O-])cc2O)c(C)n1-c1ccc(Cl)c(Cl)c1. The second-order valence-electron chi connectivity index (χ2n) is 6.84. The summed E-state index contributed by atoms with van der Waals surface area (Å²) in [6, 6.07) is 12.1. The largest absolute Gasteiger partial charge is 0.506 e. The van der Waals surface area contributed by atoms with Crippen molar-refractivity contribution in [3.63, 3.8) is 0 Å². The molecule has 3 aromatic rings. The van der Waals surface area contributed by atoms with Crippen LogP contribution in [0.4, 0.5) is 11.4 Å². The van der Waals surface area contributed by atoms with Crippen molar-refractivity contribution in [3.8, 4) is 17.5 Å². The van der Waals surface area contributed by atoms with E-state index in [1.807, 2.05) is 30.6 Å². The lowest BCUT2D eigenvalue weighted by molar-refractivity contribution is -0.384. The highest BCUT2D eigenvalue weighted by Gasteiger charge is 2.17. The van der Waals surface area contributed by atoms with Crippen LogP contribution in [0.2, 0.25) is 10.0 Å². The van der Waals surface area contributed by atoms with E-state index in [4.69, 9.17) is 23.2 Å². The van der Waals surface area contributed by atoms with Gasteiger partial charge in [0.2, 0.25) is 0 Å². The minimum absolute atomic E-state index is 0.0528. The molecule has 0 saturated carbocycles. The van der Waals surface area contributed by atoms with Crippen molar-refractivity contribution in [1.82, 2.24) is 4.57 Å². The second kappa shape index (κ2) is 9.14. The van der Waals surface area contributed by atoms with Crippen LogP contribution in [0.5, 0.6) is 5.75 Å². The summed E-state index contributed by atoms with van der Waals surface area (Å²) in [5.41, 5.74) is 2.42. The molecular formula is C22H16Cl2N4O4. The summed E-state index contributed by atoms with van der Waals surface area (Å²) >= 11 is 12.1. The number of benzene rings is 2. The van der Waals surface area contributed by atoms with Crippen LogP contribution < -0.4 is 5.32 Å². The van der Waals surface area contributed by atoms with Crippen LogP contribution >= 0.6 is 23.2 Å². The molecule has 0 aliphatic heterocycles. The fourth-order valence-corrected chi connectivity index (χ4v) is 3.48. The number of hydrogen-bond donors (Lipinski definition) is 2. The van der Waals surface area contributed by atoms with E-state index in [1.165, 1.54) is 12.1 Å². The molecule has 3 rings (SSSR count). The lowest BCUT2D eigenvalue weighted by Gasteiger charge is -2.11. The summed E-state index contributed by atoms with van der Waals surface area (Å²) in [4.78, 5) is 22.7. The molecule has 2 N–H and O–H groups in total. The third-order valence-electron chi connectivity index (χ3n) is 4.74. The van der Waals surface area contributed by atoms with E-state index in [0.29, 0.717) is 15.6 Å². The molecule has 10 heteroatoms. The number of aromatic nitrogens is 1. The van der Waals surface area contributed by atoms with Gasteiger partial charge in [-0.05, 0) is 55.8 Å². The quantitative estimate of drug-likeness (QED) is 0.166. The van der Waals surface area contributed by atoms with Gasteiger partial charge in [-0.25, -0.2) is 0 Å². The van der Waals surface area contributed by atoms with Crippen molar-refractivity contribution in [3.05, 3.63) is 85.1 Å². The van der Waals surface area contributed by atoms with E-state index in [2.05, 4.69) is 5.32 Å². The van der Waals surface area contributed by atoms with Crippen molar-refractivity contribution in [2.75, 3.05) is 5.32 Å². The van der Waals surface area contributed by atoms with Gasteiger partial charge in [0.05, 0.1) is 26.7 Å². The first-order valence-corrected chi connectivity index (χ1v) is 9.93. The van der Waals surface area contributed by atoms with Gasteiger partial charge in [-0.3, -0.25) is 14.9 Å². The maximum absolute atomic E-state index is 12.6. The van der Waals surface area contributed by atoms with Gasteiger partial charge in [0.25, 0.3) is 11.6 Å². The molecule has 0 saturated heterocycles. The number of nitrogens with one attached hydrogen (secondary N) is 1. The first-order valence-electron chi connectivity index (χ1n) is 9.17. The van der Waals surface area contributed by atoms with Gasteiger partial charge >= 0.3 is 0 Å². The fraction of sp³-hybridized carbons (Fsp3) is 0.0909. The summed E-state index contributed by atoms with van der Waals surface area (Å²) in [5.74, 6) is -1.25. The fourth-order valence-electron chi connectivity index (χ4n) is 3.19. The summed E-state index contributed by atoms with van der Waals surface area (Å²) in [7, 11) is 0. The Morgan fingerprint density at radius 1 is 1.19 bits per heavy atom. The Morgan fingerprint density at radius 3 is 2.50 bits per heavy atom. The van der Waals surface area contributed by atoms with Gasteiger partial charge in [-0.1, -0.05) is 23.2 Å². The summed E-state index contributed by atoms with van der Waals surface area (Å²) in [6.07, 6.45) is 1.42. The van der Waals surface area contributed by atoms with Crippen LogP contribution in [0.1, 0.15) is 17.0 Å². The molecule has 1 heterocycles. The maximum Gasteiger partial charge on any atom is 0.273 e. The van der Waals surface area contributed by atoms with Gasteiger partial charge in [-0.15, -0.1) is 0 Å². The standard InChI is InChI=1S/C22H16Cl2N4O4/c1-12-7-14(13(2)27(12)16-3-5-18(23)19(24)9-16)8-15(11-25)22(30)26-20-6-4-17(28(31)32)10-21(20)29/h3-10,29H,1-2H3,(H,26,30)/b15-8-. The second-order valence-corrected chi connectivity index (χ2v) is 7.66. The van der Waals surface area contributed by atoms with Crippen molar-refractivity contribution in [1.29, 1.82) is 5.26 Å². The van der Waals surface area contributed by atoms with Crippen molar-refractivity contribution >= 4 is 46.6 Å². The monoisotopic (exact) mass is 470 g/mol. The van der Waals surface area contributed by atoms with Gasteiger partial charge in [-0.2, -0.15) is 5.26 Å². The molecule has 8 nitrogen and oxygen atoms in total. The minimum atomic E-state index is -0.768. The Labute approximate surface area is 193 Å². The third-order valence-corrected chi connectivity index (χ3v) is 5.48. The highest BCUT2D eigenvalue weighted by Crippen LogP contribution is 2.30. The van der Waals surface area contributed by atoms with Crippen LogP contribution in [-0.4, -0.2) is 20.5 Å². The molecule has 162 valence electrons. The number of nitro groups is 1. The zero-order chi connectivity index (χ0) is 23.6. The van der Waals surface area contributed by atoms with Gasteiger partial charge in [0.15, 0.2) is 0 Å². The van der Waals surface area contributed by atoms with Gasteiger partial charge < -0.3 is 15.0 Å². The van der Waals surface area contributed by atoms with E-state index in [1.54, 1.807) is 18.2 Å². The van der Waals surface area contributed by atoms with Crippen LogP contribution in [0.15, 0.2) is 48.0 Å². The van der Waals surface area contributed by atoms with Crippen molar-refractivity contribution in [2.45, 2.75) is 13.8 Å². The first kappa shape index (κ1) is 22.9. The maximum atomic E-state index is 12.6. The zero-order valence-corrected chi connectivity index (χ0v) is 18.4. The number of aryl methyl sites for hydroxylation is 1. The first-order chi connectivity index (χ1) is 15.1. The number of phenolic OH excluding ortho intramolecular Hbond substituents is 1.